The van der Waals surface area contributed by atoms with Crippen molar-refractivity contribution in [3.63, 3.8) is 0 Å². The number of nitrogens with zero attached hydrogens (tertiary/aromatic N) is 1. The molecule has 1 aromatic carbocycles. The van der Waals surface area contributed by atoms with Crippen molar-refractivity contribution in [3.8, 4) is 0 Å². The van der Waals surface area contributed by atoms with E-state index in [9.17, 15) is 4.79 Å². The fraction of sp³-hybridized carbons (Fsp3) is 0.200. The molecule has 1 fully saturated rings. The van der Waals surface area contributed by atoms with E-state index >= 15 is 0 Å². The fourth-order valence-electron chi connectivity index (χ4n) is 1.54. The van der Waals surface area contributed by atoms with Gasteiger partial charge in [0, 0.05) is 5.02 Å². The topological polar surface area (TPSA) is 32.3 Å². The summed E-state index contributed by atoms with van der Waals surface area (Å²) in [5.74, 6) is -0.0366. The third-order valence-corrected chi connectivity index (χ3v) is 2.81. The minimum Gasteiger partial charge on any atom is -0.353 e. The van der Waals surface area contributed by atoms with E-state index in [1.165, 1.54) is 4.90 Å². The van der Waals surface area contributed by atoms with E-state index in [1.807, 2.05) is 13.0 Å². The smallest absolute Gasteiger partial charge is 0.252 e. The second kappa shape index (κ2) is 3.79. The van der Waals surface area contributed by atoms with Gasteiger partial charge in [0.25, 0.3) is 5.91 Å². The molecule has 1 saturated heterocycles. The third-order valence-electron chi connectivity index (χ3n) is 2.24. The van der Waals surface area contributed by atoms with E-state index in [-0.39, 0.29) is 12.5 Å². The van der Waals surface area contributed by atoms with Gasteiger partial charge in [-0.15, -0.1) is 0 Å². The van der Waals surface area contributed by atoms with Crippen molar-refractivity contribution in [1.82, 2.24) is 5.32 Å². The number of benzene rings is 1. The number of hydrogen-bond acceptors (Lipinski definition) is 2. The van der Waals surface area contributed by atoms with Crippen molar-refractivity contribution >= 4 is 40.5 Å². The molecule has 1 heterocycles. The Kier molecular flexibility index (Phi) is 2.63. The molecular formula is C10H9ClN2OS. The van der Waals surface area contributed by atoms with Crippen LogP contribution < -0.4 is 10.2 Å². The van der Waals surface area contributed by atoms with Crippen LogP contribution in [0, 0.1) is 6.92 Å². The van der Waals surface area contributed by atoms with Gasteiger partial charge in [-0.05, 0) is 42.9 Å². The van der Waals surface area contributed by atoms with Crippen LogP contribution in [0.4, 0.5) is 5.69 Å². The van der Waals surface area contributed by atoms with Gasteiger partial charge in [0.2, 0.25) is 0 Å². The molecule has 5 heteroatoms. The SMILES string of the molecule is Cc1cc(Cl)ccc1N1C(=O)CNC1=S. The molecule has 0 spiro atoms. The van der Waals surface area contributed by atoms with Crippen LogP contribution in [0.15, 0.2) is 18.2 Å². The summed E-state index contributed by atoms with van der Waals surface area (Å²) in [6.45, 7) is 2.16. The van der Waals surface area contributed by atoms with Crippen molar-refractivity contribution in [2.24, 2.45) is 0 Å². The number of halogens is 1. The maximum absolute atomic E-state index is 11.6. The molecule has 0 unspecified atom stereocenters. The molecule has 1 aliphatic rings. The summed E-state index contributed by atoms with van der Waals surface area (Å²) in [4.78, 5) is 13.1. The van der Waals surface area contributed by atoms with Crippen LogP contribution in [0.3, 0.4) is 0 Å². The molecule has 1 amide bonds. The van der Waals surface area contributed by atoms with Gasteiger partial charge >= 0.3 is 0 Å². The Labute approximate surface area is 98.0 Å². The number of hydrogen-bond donors (Lipinski definition) is 1. The van der Waals surface area contributed by atoms with Crippen molar-refractivity contribution in [2.75, 3.05) is 11.4 Å². The largest absolute Gasteiger partial charge is 0.353 e. The molecular weight excluding hydrogens is 232 g/mol. The first-order valence-corrected chi connectivity index (χ1v) is 5.25. The van der Waals surface area contributed by atoms with Gasteiger partial charge in [-0.3, -0.25) is 9.69 Å². The molecule has 78 valence electrons. The van der Waals surface area contributed by atoms with Gasteiger partial charge in [-0.1, -0.05) is 11.6 Å². The summed E-state index contributed by atoms with van der Waals surface area (Å²) >= 11 is 10.9. The average molecular weight is 241 g/mol. The second-order valence-electron chi connectivity index (χ2n) is 3.32. The molecule has 2 rings (SSSR count). The van der Waals surface area contributed by atoms with Gasteiger partial charge in [0.1, 0.15) is 0 Å². The summed E-state index contributed by atoms with van der Waals surface area (Å²) in [7, 11) is 0. The molecule has 1 N–H and O–H groups in total. The van der Waals surface area contributed by atoms with Crippen molar-refractivity contribution in [1.29, 1.82) is 0 Å². The lowest BCUT2D eigenvalue weighted by molar-refractivity contribution is -0.115. The Morgan fingerprint density at radius 1 is 1.53 bits per heavy atom. The number of carbonyl (C=O) groups is 1. The lowest BCUT2D eigenvalue weighted by atomic mass is 10.2. The monoisotopic (exact) mass is 240 g/mol. The lowest BCUT2D eigenvalue weighted by Gasteiger charge is -2.17. The maximum atomic E-state index is 11.6. The summed E-state index contributed by atoms with van der Waals surface area (Å²) < 4.78 is 0. The Hall–Kier alpha value is -1.13. The zero-order valence-corrected chi connectivity index (χ0v) is 9.65. The highest BCUT2D eigenvalue weighted by atomic mass is 35.5. The van der Waals surface area contributed by atoms with Gasteiger partial charge in [-0.25, -0.2) is 0 Å². The molecule has 1 aromatic rings. The Bertz CT molecular complexity index is 431. The normalized spacial score (nSPS) is 15.7. The minimum absolute atomic E-state index is 0.0366. The minimum atomic E-state index is -0.0366. The highest BCUT2D eigenvalue weighted by Crippen LogP contribution is 2.25. The van der Waals surface area contributed by atoms with Crippen LogP contribution in [0.5, 0.6) is 0 Å². The first kappa shape index (κ1) is 10.4. The van der Waals surface area contributed by atoms with Crippen LogP contribution in [0.1, 0.15) is 5.56 Å². The number of amides is 1. The van der Waals surface area contributed by atoms with Crippen molar-refractivity contribution in [2.45, 2.75) is 6.92 Å². The summed E-state index contributed by atoms with van der Waals surface area (Å²) in [6, 6.07) is 5.36. The first-order valence-electron chi connectivity index (χ1n) is 4.46. The van der Waals surface area contributed by atoms with Crippen LogP contribution in [0.2, 0.25) is 5.02 Å². The zero-order valence-electron chi connectivity index (χ0n) is 8.08. The molecule has 3 nitrogen and oxygen atoms in total. The van der Waals surface area contributed by atoms with Crippen LogP contribution in [-0.4, -0.2) is 17.6 Å². The fourth-order valence-corrected chi connectivity index (χ4v) is 2.04. The molecule has 0 saturated carbocycles. The van der Waals surface area contributed by atoms with Crippen LogP contribution in [0.25, 0.3) is 0 Å². The number of carbonyl (C=O) groups excluding carboxylic acids is 1. The summed E-state index contributed by atoms with van der Waals surface area (Å²) in [6.07, 6.45) is 0. The standard InChI is InChI=1S/C10H9ClN2OS/c1-6-4-7(11)2-3-8(6)13-9(14)5-12-10(13)15/h2-4H,5H2,1H3,(H,12,15). The van der Waals surface area contributed by atoms with Gasteiger partial charge in [-0.2, -0.15) is 0 Å². The van der Waals surface area contributed by atoms with E-state index < -0.39 is 0 Å². The summed E-state index contributed by atoms with van der Waals surface area (Å²) in [5, 5.41) is 3.94. The molecule has 0 aromatic heterocycles. The van der Waals surface area contributed by atoms with Gasteiger partial charge < -0.3 is 5.32 Å². The first-order chi connectivity index (χ1) is 7.09. The number of aryl methyl sites for hydroxylation is 1. The average Bonchev–Trinajstić information content (AvgIpc) is 2.48. The van der Waals surface area contributed by atoms with E-state index in [0.717, 1.165) is 11.3 Å². The predicted octanol–water partition coefficient (Wildman–Crippen LogP) is 1.87. The number of anilines is 1. The molecule has 0 radical (unpaired) electrons. The van der Waals surface area contributed by atoms with E-state index in [2.05, 4.69) is 5.32 Å². The van der Waals surface area contributed by atoms with Gasteiger partial charge in [0.15, 0.2) is 5.11 Å². The number of rotatable bonds is 1. The Morgan fingerprint density at radius 3 is 2.80 bits per heavy atom. The Morgan fingerprint density at radius 2 is 2.27 bits per heavy atom. The van der Waals surface area contributed by atoms with Crippen LogP contribution >= 0.6 is 23.8 Å². The quantitative estimate of drug-likeness (QED) is 0.761. The predicted molar refractivity (Wildman–Crippen MR) is 64.3 cm³/mol. The summed E-state index contributed by atoms with van der Waals surface area (Å²) in [5.41, 5.74) is 1.72. The molecule has 0 aliphatic carbocycles. The van der Waals surface area contributed by atoms with E-state index in [0.29, 0.717) is 10.1 Å². The number of nitrogens with one attached hydrogen (secondary N) is 1. The highest BCUT2D eigenvalue weighted by Gasteiger charge is 2.27. The molecule has 0 bridgehead atoms. The van der Waals surface area contributed by atoms with E-state index in [1.54, 1.807) is 12.1 Å². The number of thiocarbonyl (C=S) groups is 1. The second-order valence-corrected chi connectivity index (χ2v) is 4.14. The van der Waals surface area contributed by atoms with Crippen LogP contribution in [-0.2, 0) is 4.79 Å². The molecule has 0 atom stereocenters. The molecule has 1 aliphatic heterocycles. The van der Waals surface area contributed by atoms with Crippen molar-refractivity contribution < 1.29 is 4.79 Å². The Balaban J connectivity index is 2.45. The zero-order chi connectivity index (χ0) is 11.0. The van der Waals surface area contributed by atoms with E-state index in [4.69, 9.17) is 23.8 Å². The highest BCUT2D eigenvalue weighted by molar-refractivity contribution is 7.80. The lowest BCUT2D eigenvalue weighted by Crippen LogP contribution is -2.30. The third kappa shape index (κ3) is 1.82. The maximum Gasteiger partial charge on any atom is 0.252 e. The van der Waals surface area contributed by atoms with Crippen molar-refractivity contribution in [3.05, 3.63) is 28.8 Å². The van der Waals surface area contributed by atoms with Gasteiger partial charge in [0.05, 0.1) is 12.2 Å². The molecule has 15 heavy (non-hydrogen) atoms.